The minimum atomic E-state index is 0. The van der Waals surface area contributed by atoms with Crippen LogP contribution >= 0.6 is 24.0 Å². The summed E-state index contributed by atoms with van der Waals surface area (Å²) in [5, 5.41) is 6.65. The summed E-state index contributed by atoms with van der Waals surface area (Å²) >= 11 is 0. The summed E-state index contributed by atoms with van der Waals surface area (Å²) in [6.07, 6.45) is 1.81. The number of morpholine rings is 1. The molecule has 3 rings (SSSR count). The van der Waals surface area contributed by atoms with Gasteiger partial charge in [-0.15, -0.1) is 24.0 Å². The Morgan fingerprint density at radius 2 is 1.89 bits per heavy atom. The largest absolute Gasteiger partial charge is 0.378 e. The minimum Gasteiger partial charge on any atom is -0.378 e. The minimum absolute atomic E-state index is 0. The van der Waals surface area contributed by atoms with Gasteiger partial charge in [0, 0.05) is 31.5 Å². The van der Waals surface area contributed by atoms with E-state index in [1.54, 1.807) is 6.20 Å². The van der Waals surface area contributed by atoms with Crippen molar-refractivity contribution in [3.63, 3.8) is 0 Å². The monoisotopic (exact) mass is 481 g/mol. The van der Waals surface area contributed by atoms with Crippen molar-refractivity contribution in [3.8, 4) is 0 Å². The Morgan fingerprint density at radius 3 is 2.63 bits per heavy atom. The first-order chi connectivity index (χ1) is 12.9. The van der Waals surface area contributed by atoms with Crippen molar-refractivity contribution in [2.24, 2.45) is 4.99 Å². The Kier molecular flexibility index (Phi) is 9.34. The topological polar surface area (TPSA) is 61.8 Å². The average Bonchev–Trinajstić information content (AvgIpc) is 2.72. The lowest BCUT2D eigenvalue weighted by molar-refractivity contribution is 0.122. The fourth-order valence-electron chi connectivity index (χ4n) is 2.94. The van der Waals surface area contributed by atoms with Crippen molar-refractivity contribution in [2.75, 3.05) is 37.7 Å². The maximum atomic E-state index is 5.47. The molecule has 1 aromatic carbocycles. The highest BCUT2D eigenvalue weighted by atomic mass is 127. The average molecular weight is 481 g/mol. The van der Waals surface area contributed by atoms with Crippen LogP contribution in [0.5, 0.6) is 0 Å². The summed E-state index contributed by atoms with van der Waals surface area (Å²) in [6.45, 7) is 7.59. The van der Waals surface area contributed by atoms with E-state index in [-0.39, 0.29) is 24.0 Å². The van der Waals surface area contributed by atoms with Gasteiger partial charge in [-0.1, -0.05) is 24.3 Å². The van der Waals surface area contributed by atoms with Crippen molar-refractivity contribution < 1.29 is 4.74 Å². The number of pyridine rings is 1. The second-order valence-electron chi connectivity index (χ2n) is 6.10. The molecule has 146 valence electrons. The SMILES string of the molecule is CCNC(=NCc1ccccc1N1CCOCC1)NCc1ccccn1.I. The maximum Gasteiger partial charge on any atom is 0.191 e. The first kappa shape index (κ1) is 21.4. The second kappa shape index (κ2) is 11.8. The fourth-order valence-corrected chi connectivity index (χ4v) is 2.94. The number of aromatic nitrogens is 1. The molecule has 1 fully saturated rings. The van der Waals surface area contributed by atoms with Crippen LogP contribution in [0.25, 0.3) is 0 Å². The molecule has 0 spiro atoms. The van der Waals surface area contributed by atoms with Gasteiger partial charge in [0.15, 0.2) is 5.96 Å². The number of nitrogens with one attached hydrogen (secondary N) is 2. The number of para-hydroxylation sites is 1. The normalized spacial score (nSPS) is 14.4. The highest BCUT2D eigenvalue weighted by Gasteiger charge is 2.14. The van der Waals surface area contributed by atoms with E-state index in [2.05, 4.69) is 51.7 Å². The second-order valence-corrected chi connectivity index (χ2v) is 6.10. The third-order valence-electron chi connectivity index (χ3n) is 4.26. The molecule has 2 aromatic rings. The van der Waals surface area contributed by atoms with Crippen molar-refractivity contribution >= 4 is 35.6 Å². The number of hydrogen-bond donors (Lipinski definition) is 2. The molecule has 0 radical (unpaired) electrons. The number of anilines is 1. The molecule has 6 nitrogen and oxygen atoms in total. The van der Waals surface area contributed by atoms with Crippen LogP contribution in [-0.2, 0) is 17.8 Å². The van der Waals surface area contributed by atoms with E-state index in [1.165, 1.54) is 11.3 Å². The molecular formula is C20H28IN5O. The Bertz CT molecular complexity index is 705. The quantitative estimate of drug-likeness (QED) is 0.378. The van der Waals surface area contributed by atoms with Crippen molar-refractivity contribution in [1.29, 1.82) is 0 Å². The summed E-state index contributed by atoms with van der Waals surface area (Å²) in [5.74, 6) is 0.801. The Balaban J connectivity index is 0.00000261. The van der Waals surface area contributed by atoms with Gasteiger partial charge in [-0.05, 0) is 30.7 Å². The molecule has 0 aliphatic carbocycles. The summed E-state index contributed by atoms with van der Waals surface area (Å²) in [6, 6.07) is 14.4. The third kappa shape index (κ3) is 6.66. The molecular weight excluding hydrogens is 453 g/mol. The fraction of sp³-hybridized carbons (Fsp3) is 0.400. The number of rotatable bonds is 6. The van der Waals surface area contributed by atoms with Crippen LogP contribution < -0.4 is 15.5 Å². The first-order valence-corrected chi connectivity index (χ1v) is 9.19. The van der Waals surface area contributed by atoms with E-state index in [0.717, 1.165) is 44.5 Å². The Hall–Kier alpha value is -1.87. The molecule has 1 aromatic heterocycles. The smallest absolute Gasteiger partial charge is 0.191 e. The van der Waals surface area contributed by atoms with Crippen molar-refractivity contribution in [3.05, 3.63) is 59.9 Å². The summed E-state index contributed by atoms with van der Waals surface area (Å²) < 4.78 is 5.47. The van der Waals surface area contributed by atoms with Gasteiger partial charge in [0.1, 0.15) is 0 Å². The third-order valence-corrected chi connectivity index (χ3v) is 4.26. The molecule has 27 heavy (non-hydrogen) atoms. The zero-order valence-corrected chi connectivity index (χ0v) is 18.1. The summed E-state index contributed by atoms with van der Waals surface area (Å²) in [5.41, 5.74) is 3.47. The van der Waals surface area contributed by atoms with Crippen molar-refractivity contribution in [2.45, 2.75) is 20.0 Å². The highest BCUT2D eigenvalue weighted by molar-refractivity contribution is 14.0. The number of nitrogens with zero attached hydrogens (tertiary/aromatic N) is 3. The molecule has 0 saturated carbocycles. The molecule has 1 saturated heterocycles. The van der Waals surface area contributed by atoms with Gasteiger partial charge in [0.2, 0.25) is 0 Å². The predicted octanol–water partition coefficient (Wildman–Crippen LogP) is 2.79. The molecule has 1 aliphatic rings. The number of halogens is 1. The van der Waals surface area contributed by atoms with Gasteiger partial charge in [0.25, 0.3) is 0 Å². The van der Waals surface area contributed by atoms with Gasteiger partial charge < -0.3 is 20.3 Å². The number of benzene rings is 1. The molecule has 7 heteroatoms. The van der Waals surface area contributed by atoms with E-state index >= 15 is 0 Å². The van der Waals surface area contributed by atoms with Crippen molar-refractivity contribution in [1.82, 2.24) is 15.6 Å². The summed E-state index contributed by atoms with van der Waals surface area (Å²) in [7, 11) is 0. The van der Waals surface area contributed by atoms with Crippen LogP contribution in [0.3, 0.4) is 0 Å². The highest BCUT2D eigenvalue weighted by Crippen LogP contribution is 2.22. The van der Waals surface area contributed by atoms with Crippen LogP contribution in [0.4, 0.5) is 5.69 Å². The van der Waals surface area contributed by atoms with Crippen LogP contribution in [0.2, 0.25) is 0 Å². The van der Waals surface area contributed by atoms with E-state index < -0.39 is 0 Å². The number of ether oxygens (including phenoxy) is 1. The molecule has 2 heterocycles. The Labute approximate surface area is 178 Å². The Morgan fingerprint density at radius 1 is 1.11 bits per heavy atom. The van der Waals surface area contributed by atoms with Gasteiger partial charge >= 0.3 is 0 Å². The van der Waals surface area contributed by atoms with Crippen LogP contribution in [-0.4, -0.2) is 43.8 Å². The van der Waals surface area contributed by atoms with Crippen LogP contribution in [0.15, 0.2) is 53.7 Å². The van der Waals surface area contributed by atoms with Gasteiger partial charge in [-0.25, -0.2) is 4.99 Å². The van der Waals surface area contributed by atoms with E-state index in [9.17, 15) is 0 Å². The van der Waals surface area contributed by atoms with Gasteiger partial charge in [-0.3, -0.25) is 4.98 Å². The molecule has 0 atom stereocenters. The molecule has 0 bridgehead atoms. The van der Waals surface area contributed by atoms with E-state index in [0.29, 0.717) is 13.1 Å². The molecule has 1 aliphatic heterocycles. The lowest BCUT2D eigenvalue weighted by Crippen LogP contribution is -2.37. The molecule has 0 unspecified atom stereocenters. The number of hydrogen-bond acceptors (Lipinski definition) is 4. The number of aliphatic imine (C=N–C) groups is 1. The lowest BCUT2D eigenvalue weighted by atomic mass is 10.1. The summed E-state index contributed by atoms with van der Waals surface area (Å²) in [4.78, 5) is 11.5. The molecule has 0 amide bonds. The predicted molar refractivity (Wildman–Crippen MR) is 121 cm³/mol. The van der Waals surface area contributed by atoms with E-state index in [4.69, 9.17) is 9.73 Å². The number of guanidine groups is 1. The zero-order chi connectivity index (χ0) is 18.0. The lowest BCUT2D eigenvalue weighted by Gasteiger charge is -2.30. The van der Waals surface area contributed by atoms with Gasteiger partial charge in [0.05, 0.1) is 32.0 Å². The maximum absolute atomic E-state index is 5.47. The van der Waals surface area contributed by atoms with E-state index in [1.807, 2.05) is 18.2 Å². The van der Waals surface area contributed by atoms with Crippen LogP contribution in [0.1, 0.15) is 18.2 Å². The zero-order valence-electron chi connectivity index (χ0n) is 15.7. The first-order valence-electron chi connectivity index (χ1n) is 9.19. The van der Waals surface area contributed by atoms with Crippen LogP contribution in [0, 0.1) is 0 Å². The standard InChI is InChI=1S/C20H27N5O.HI/c1-2-21-20(24-16-18-8-5-6-10-22-18)23-15-17-7-3-4-9-19(17)25-11-13-26-14-12-25;/h3-10H,2,11-16H2,1H3,(H2,21,23,24);1H. The van der Waals surface area contributed by atoms with Gasteiger partial charge in [-0.2, -0.15) is 0 Å². The molecule has 2 N–H and O–H groups in total.